The molecule has 0 saturated heterocycles. The van der Waals surface area contributed by atoms with E-state index in [9.17, 15) is 25.0 Å². The zero-order valence-electron chi connectivity index (χ0n) is 19.4. The maximum atomic E-state index is 13.5. The number of hydrogen-bond donors (Lipinski definition) is 0. The van der Waals surface area contributed by atoms with Crippen LogP contribution in [-0.2, 0) is 4.79 Å². The number of amides is 1. The third-order valence-corrected chi connectivity index (χ3v) is 5.57. The van der Waals surface area contributed by atoms with Crippen LogP contribution in [0.2, 0.25) is 0 Å². The van der Waals surface area contributed by atoms with Gasteiger partial charge in [-0.15, -0.1) is 0 Å². The number of non-ortho nitro benzene ring substituents is 1. The van der Waals surface area contributed by atoms with Crippen LogP contribution in [0.5, 0.6) is 0 Å². The molecule has 0 spiro atoms. The molecule has 2 aromatic carbocycles. The highest BCUT2D eigenvalue weighted by Gasteiger charge is 2.37. The van der Waals surface area contributed by atoms with E-state index in [0.29, 0.717) is 11.3 Å². The average Bonchev–Trinajstić information content (AvgIpc) is 3.21. The molecular weight excluding hydrogens is 466 g/mol. The van der Waals surface area contributed by atoms with Gasteiger partial charge in [-0.25, -0.2) is 4.99 Å². The third-order valence-electron chi connectivity index (χ3n) is 5.57. The van der Waals surface area contributed by atoms with Gasteiger partial charge in [0.25, 0.3) is 11.6 Å². The van der Waals surface area contributed by atoms with Crippen molar-refractivity contribution in [3.63, 3.8) is 0 Å². The maximum absolute atomic E-state index is 13.5. The number of anilines is 2. The number of benzene rings is 2. The minimum absolute atomic E-state index is 0.0359. The maximum Gasteiger partial charge on any atom is 0.301 e. The molecule has 0 unspecified atom stereocenters. The molecule has 12 heteroatoms. The number of hydrazone groups is 1. The normalized spacial score (nSPS) is 14.2. The molecule has 4 rings (SSSR count). The van der Waals surface area contributed by atoms with E-state index in [2.05, 4.69) is 33.8 Å². The SMILES string of the molecule is CCN(CC)c1ccc(N=C2C(=O)N(c3ccc([N+](=O)[O-])cc3[N+](=O)[O-])N=C2c2cccnc2)cc1. The molecule has 36 heavy (non-hydrogen) atoms. The second kappa shape index (κ2) is 10.1. The molecule has 182 valence electrons. The first-order chi connectivity index (χ1) is 17.3. The molecule has 2 heterocycles. The van der Waals surface area contributed by atoms with Gasteiger partial charge < -0.3 is 4.90 Å². The van der Waals surface area contributed by atoms with Crippen LogP contribution >= 0.6 is 0 Å². The van der Waals surface area contributed by atoms with Crippen LogP contribution in [0.25, 0.3) is 0 Å². The fraction of sp³-hybridized carbons (Fsp3) is 0.167. The van der Waals surface area contributed by atoms with Gasteiger partial charge in [0.15, 0.2) is 5.71 Å². The Kier molecular flexibility index (Phi) is 6.77. The van der Waals surface area contributed by atoms with Crippen molar-refractivity contribution in [2.24, 2.45) is 10.1 Å². The lowest BCUT2D eigenvalue weighted by atomic mass is 10.1. The Bertz CT molecular complexity index is 1380. The molecule has 3 aromatic rings. The van der Waals surface area contributed by atoms with Gasteiger partial charge in [0.1, 0.15) is 11.4 Å². The molecule has 0 saturated carbocycles. The fourth-order valence-electron chi connectivity index (χ4n) is 3.76. The second-order valence-electron chi connectivity index (χ2n) is 7.64. The van der Waals surface area contributed by atoms with Crippen LogP contribution in [0.3, 0.4) is 0 Å². The van der Waals surface area contributed by atoms with Gasteiger partial charge in [0.2, 0.25) is 0 Å². The third kappa shape index (κ3) is 4.64. The summed E-state index contributed by atoms with van der Waals surface area (Å²) in [5.41, 5.74) is 0.805. The molecule has 1 amide bonds. The Hall–Kier alpha value is -5.00. The number of pyridine rings is 1. The standard InChI is InChI=1S/C24H21N7O5/c1-3-28(4-2)18-9-7-17(8-10-18)26-23-22(16-6-5-13-25-15-16)27-29(24(23)32)20-12-11-19(30(33)34)14-21(20)31(35)36/h5-15H,3-4H2,1-2H3. The number of carbonyl (C=O) groups is 1. The predicted molar refractivity (Wildman–Crippen MR) is 135 cm³/mol. The molecule has 1 aromatic heterocycles. The second-order valence-corrected chi connectivity index (χ2v) is 7.64. The zero-order valence-corrected chi connectivity index (χ0v) is 19.4. The van der Waals surface area contributed by atoms with Crippen molar-refractivity contribution in [3.8, 4) is 0 Å². The van der Waals surface area contributed by atoms with Crippen molar-refractivity contribution in [2.45, 2.75) is 13.8 Å². The number of aliphatic imine (C=N–C) groups is 1. The first-order valence-corrected chi connectivity index (χ1v) is 11.0. The van der Waals surface area contributed by atoms with Gasteiger partial charge in [-0.1, -0.05) is 0 Å². The summed E-state index contributed by atoms with van der Waals surface area (Å²) >= 11 is 0. The Morgan fingerprint density at radius 1 is 1.00 bits per heavy atom. The number of hydrogen-bond acceptors (Lipinski definition) is 9. The van der Waals surface area contributed by atoms with E-state index in [0.717, 1.165) is 42.0 Å². The summed E-state index contributed by atoms with van der Waals surface area (Å²) in [7, 11) is 0. The van der Waals surface area contributed by atoms with Gasteiger partial charge in [0, 0.05) is 42.8 Å². The van der Waals surface area contributed by atoms with E-state index in [1.807, 2.05) is 12.1 Å². The summed E-state index contributed by atoms with van der Waals surface area (Å²) in [6.45, 7) is 5.78. The first-order valence-electron chi connectivity index (χ1n) is 11.0. The number of nitro benzene ring substituents is 2. The van der Waals surface area contributed by atoms with E-state index in [1.165, 1.54) is 6.20 Å². The van der Waals surface area contributed by atoms with E-state index in [-0.39, 0.29) is 17.1 Å². The van der Waals surface area contributed by atoms with E-state index in [4.69, 9.17) is 0 Å². The largest absolute Gasteiger partial charge is 0.372 e. The molecule has 12 nitrogen and oxygen atoms in total. The Labute approximate surface area is 205 Å². The van der Waals surface area contributed by atoms with Crippen LogP contribution in [0, 0.1) is 20.2 Å². The first kappa shape index (κ1) is 24.1. The summed E-state index contributed by atoms with van der Waals surface area (Å²) in [4.78, 5) is 45.4. The predicted octanol–water partition coefficient (Wildman–Crippen LogP) is 4.27. The molecule has 1 aliphatic rings. The molecule has 0 bridgehead atoms. The van der Waals surface area contributed by atoms with Crippen molar-refractivity contribution in [1.29, 1.82) is 0 Å². The Morgan fingerprint density at radius 3 is 2.31 bits per heavy atom. The topological polar surface area (TPSA) is 147 Å². The summed E-state index contributed by atoms with van der Waals surface area (Å²) in [6, 6.07) is 13.7. The van der Waals surface area contributed by atoms with Gasteiger partial charge in [-0.05, 0) is 56.3 Å². The zero-order chi connectivity index (χ0) is 25.8. The number of carbonyl (C=O) groups excluding carboxylic acids is 1. The summed E-state index contributed by atoms with van der Waals surface area (Å²) in [5.74, 6) is -0.710. The van der Waals surface area contributed by atoms with Crippen LogP contribution in [0.4, 0.5) is 28.4 Å². The van der Waals surface area contributed by atoms with Crippen molar-refractivity contribution < 1.29 is 14.6 Å². The number of rotatable bonds is 8. The highest BCUT2D eigenvalue weighted by atomic mass is 16.6. The smallest absolute Gasteiger partial charge is 0.301 e. The Balaban J connectivity index is 1.80. The summed E-state index contributed by atoms with van der Waals surface area (Å²) in [6.07, 6.45) is 3.06. The molecule has 0 radical (unpaired) electrons. The fourth-order valence-corrected chi connectivity index (χ4v) is 3.76. The average molecular weight is 487 g/mol. The van der Waals surface area contributed by atoms with Crippen molar-refractivity contribution in [1.82, 2.24) is 4.98 Å². The number of aromatic nitrogens is 1. The van der Waals surface area contributed by atoms with Crippen molar-refractivity contribution in [3.05, 3.63) is 92.8 Å². The minimum atomic E-state index is -0.796. The lowest BCUT2D eigenvalue weighted by Gasteiger charge is -2.20. The lowest BCUT2D eigenvalue weighted by Crippen LogP contribution is -2.28. The van der Waals surface area contributed by atoms with Crippen LogP contribution in [0.1, 0.15) is 19.4 Å². The summed E-state index contributed by atoms with van der Waals surface area (Å²) < 4.78 is 0. The summed E-state index contributed by atoms with van der Waals surface area (Å²) in [5, 5.41) is 28.0. The molecule has 0 fully saturated rings. The number of nitro groups is 2. The monoisotopic (exact) mass is 487 g/mol. The van der Waals surface area contributed by atoms with E-state index in [1.54, 1.807) is 30.5 Å². The van der Waals surface area contributed by atoms with Crippen LogP contribution in [-0.4, -0.2) is 45.3 Å². The van der Waals surface area contributed by atoms with Gasteiger partial charge in [-0.3, -0.25) is 30.0 Å². The molecule has 1 aliphatic heterocycles. The van der Waals surface area contributed by atoms with Crippen molar-refractivity contribution >= 4 is 45.8 Å². The van der Waals surface area contributed by atoms with Gasteiger partial charge >= 0.3 is 5.69 Å². The quantitative estimate of drug-likeness (QED) is 0.340. The van der Waals surface area contributed by atoms with E-state index < -0.39 is 27.1 Å². The van der Waals surface area contributed by atoms with Crippen LogP contribution < -0.4 is 9.91 Å². The Morgan fingerprint density at radius 2 is 1.72 bits per heavy atom. The van der Waals surface area contributed by atoms with Crippen molar-refractivity contribution in [2.75, 3.05) is 23.0 Å². The lowest BCUT2D eigenvalue weighted by molar-refractivity contribution is -0.393. The minimum Gasteiger partial charge on any atom is -0.372 e. The van der Waals surface area contributed by atoms with E-state index >= 15 is 0 Å². The van der Waals surface area contributed by atoms with Crippen LogP contribution in [0.15, 0.2) is 77.1 Å². The van der Waals surface area contributed by atoms with Gasteiger partial charge in [-0.2, -0.15) is 10.1 Å². The highest BCUT2D eigenvalue weighted by molar-refractivity contribution is 6.74. The number of nitrogens with zero attached hydrogens (tertiary/aromatic N) is 7. The molecule has 0 N–H and O–H groups in total. The molecular formula is C24H21N7O5. The molecule has 0 atom stereocenters. The highest BCUT2D eigenvalue weighted by Crippen LogP contribution is 2.35. The van der Waals surface area contributed by atoms with Gasteiger partial charge in [0.05, 0.1) is 21.6 Å². The molecule has 0 aliphatic carbocycles.